The van der Waals surface area contributed by atoms with Gasteiger partial charge in [-0.25, -0.2) is 8.42 Å². The summed E-state index contributed by atoms with van der Waals surface area (Å²) in [7, 11) is -3.53. The summed E-state index contributed by atoms with van der Waals surface area (Å²) < 4.78 is 33.0. The molecule has 3 rings (SSSR count). The molecule has 1 aromatic carbocycles. The molecule has 0 radical (unpaired) electrons. The molecule has 2 saturated heterocycles. The van der Waals surface area contributed by atoms with Crippen molar-refractivity contribution < 1.29 is 17.9 Å². The highest BCUT2D eigenvalue weighted by atomic mass is 32.2. The fraction of sp³-hybridized carbons (Fsp3) is 0.632. The predicted molar refractivity (Wildman–Crippen MR) is 104 cm³/mol. The number of sulfonamides is 1. The van der Waals surface area contributed by atoms with E-state index in [1.807, 2.05) is 18.7 Å². The van der Waals surface area contributed by atoms with Gasteiger partial charge in [0.25, 0.3) is 0 Å². The Morgan fingerprint density at radius 2 is 1.70 bits per heavy atom. The molecule has 0 bridgehead atoms. The summed E-state index contributed by atoms with van der Waals surface area (Å²) in [6.07, 6.45) is 2.83. The highest BCUT2D eigenvalue weighted by Crippen LogP contribution is 2.29. The Balaban J connectivity index is 1.64. The normalized spacial score (nSPS) is 25.3. The molecule has 2 aliphatic heterocycles. The molecule has 1 N–H and O–H groups in total. The number of rotatable bonds is 5. The number of piperidine rings is 1. The summed E-state index contributed by atoms with van der Waals surface area (Å²) in [5, 5.41) is 2.84. The Hall–Kier alpha value is -1.48. The second-order valence-corrected chi connectivity index (χ2v) is 9.27. The third-order valence-corrected chi connectivity index (χ3v) is 7.44. The molecule has 0 aromatic heterocycles. The standard InChI is InChI=1S/C19H29N3O4S/c1-15-4-3-5-16(2)22(15)27(24,25)18-8-6-17(7-9-18)20-19(23)14-21-10-12-26-13-11-21/h6-9,15-16H,3-5,10-14H2,1-2H3,(H,20,23)/t15-,16-/m1/s1. The van der Waals surface area contributed by atoms with E-state index >= 15 is 0 Å². The summed E-state index contributed by atoms with van der Waals surface area (Å²) in [5.41, 5.74) is 0.604. The molecule has 27 heavy (non-hydrogen) atoms. The molecule has 2 aliphatic rings. The molecule has 2 fully saturated rings. The second kappa shape index (κ2) is 8.68. The second-order valence-electron chi connectivity index (χ2n) is 7.42. The molecule has 0 saturated carbocycles. The van der Waals surface area contributed by atoms with Crippen LogP contribution in [0.5, 0.6) is 0 Å². The maximum absolute atomic E-state index is 13.0. The lowest BCUT2D eigenvalue weighted by molar-refractivity contribution is -0.118. The number of hydrogen-bond acceptors (Lipinski definition) is 5. The number of anilines is 1. The first-order valence-corrected chi connectivity index (χ1v) is 11.1. The van der Waals surface area contributed by atoms with Gasteiger partial charge in [0.1, 0.15) is 0 Å². The largest absolute Gasteiger partial charge is 0.379 e. The van der Waals surface area contributed by atoms with E-state index in [1.165, 1.54) is 0 Å². The molecule has 1 aromatic rings. The van der Waals surface area contributed by atoms with Gasteiger partial charge in [-0.15, -0.1) is 0 Å². The van der Waals surface area contributed by atoms with Gasteiger partial charge in [-0.1, -0.05) is 6.42 Å². The fourth-order valence-electron chi connectivity index (χ4n) is 3.87. The van der Waals surface area contributed by atoms with Gasteiger partial charge in [0.05, 0.1) is 24.7 Å². The predicted octanol–water partition coefficient (Wildman–Crippen LogP) is 1.91. The number of carbonyl (C=O) groups is 1. The molecule has 0 spiro atoms. The van der Waals surface area contributed by atoms with Crippen molar-refractivity contribution in [2.45, 2.75) is 50.1 Å². The fourth-order valence-corrected chi connectivity index (χ4v) is 5.75. The Morgan fingerprint density at radius 1 is 1.11 bits per heavy atom. The first-order valence-electron chi connectivity index (χ1n) is 9.61. The van der Waals surface area contributed by atoms with Crippen LogP contribution in [0, 0.1) is 0 Å². The number of benzene rings is 1. The van der Waals surface area contributed by atoms with Gasteiger partial charge in [-0.2, -0.15) is 4.31 Å². The van der Waals surface area contributed by atoms with Crippen LogP contribution in [-0.4, -0.2) is 68.5 Å². The van der Waals surface area contributed by atoms with Gasteiger partial charge in [0.2, 0.25) is 15.9 Å². The van der Waals surface area contributed by atoms with Crippen molar-refractivity contribution in [2.75, 3.05) is 38.2 Å². The van der Waals surface area contributed by atoms with Crippen LogP contribution in [0.2, 0.25) is 0 Å². The van der Waals surface area contributed by atoms with Gasteiger partial charge in [-0.05, 0) is 51.0 Å². The van der Waals surface area contributed by atoms with E-state index in [2.05, 4.69) is 5.32 Å². The van der Waals surface area contributed by atoms with E-state index in [1.54, 1.807) is 28.6 Å². The zero-order valence-corrected chi connectivity index (χ0v) is 16.9. The number of hydrogen-bond donors (Lipinski definition) is 1. The minimum atomic E-state index is -3.53. The third kappa shape index (κ3) is 4.87. The van der Waals surface area contributed by atoms with Crippen molar-refractivity contribution in [2.24, 2.45) is 0 Å². The van der Waals surface area contributed by atoms with E-state index in [9.17, 15) is 13.2 Å². The summed E-state index contributed by atoms with van der Waals surface area (Å²) in [5.74, 6) is -0.106. The lowest BCUT2D eigenvalue weighted by Crippen LogP contribution is -2.47. The lowest BCUT2D eigenvalue weighted by atomic mass is 10.0. The van der Waals surface area contributed by atoms with Crippen LogP contribution in [0.15, 0.2) is 29.2 Å². The van der Waals surface area contributed by atoms with Crippen molar-refractivity contribution >= 4 is 21.6 Å². The van der Waals surface area contributed by atoms with Crippen LogP contribution >= 0.6 is 0 Å². The summed E-state index contributed by atoms with van der Waals surface area (Å²) in [6.45, 7) is 7.03. The Labute approximate surface area is 161 Å². The first kappa shape index (κ1) is 20.3. The molecule has 150 valence electrons. The number of morpholine rings is 1. The maximum Gasteiger partial charge on any atom is 0.243 e. The average molecular weight is 396 g/mol. The zero-order valence-electron chi connectivity index (χ0n) is 16.1. The van der Waals surface area contributed by atoms with Crippen molar-refractivity contribution in [3.05, 3.63) is 24.3 Å². The van der Waals surface area contributed by atoms with Crippen LogP contribution in [0.1, 0.15) is 33.1 Å². The van der Waals surface area contributed by atoms with Crippen LogP contribution in [-0.2, 0) is 19.6 Å². The highest BCUT2D eigenvalue weighted by Gasteiger charge is 2.35. The highest BCUT2D eigenvalue weighted by molar-refractivity contribution is 7.89. The zero-order chi connectivity index (χ0) is 19.4. The Bertz CT molecular complexity index is 735. The van der Waals surface area contributed by atoms with E-state index in [4.69, 9.17) is 4.74 Å². The minimum Gasteiger partial charge on any atom is -0.379 e. The van der Waals surface area contributed by atoms with Crippen LogP contribution in [0.4, 0.5) is 5.69 Å². The first-order chi connectivity index (χ1) is 12.9. The molecule has 2 atom stereocenters. The van der Waals surface area contributed by atoms with E-state index < -0.39 is 10.0 Å². The van der Waals surface area contributed by atoms with Gasteiger partial charge in [-0.3, -0.25) is 9.69 Å². The van der Waals surface area contributed by atoms with E-state index in [0.29, 0.717) is 25.4 Å². The SMILES string of the molecule is C[C@@H]1CCC[C@@H](C)N1S(=O)(=O)c1ccc(NC(=O)CN2CCOCC2)cc1. The molecular formula is C19H29N3O4S. The summed E-state index contributed by atoms with van der Waals surface area (Å²) in [6, 6.07) is 6.48. The Morgan fingerprint density at radius 3 is 2.30 bits per heavy atom. The number of carbonyl (C=O) groups excluding carboxylic acids is 1. The maximum atomic E-state index is 13.0. The van der Waals surface area contributed by atoms with E-state index in [-0.39, 0.29) is 22.9 Å². The third-order valence-electron chi connectivity index (χ3n) is 5.30. The quantitative estimate of drug-likeness (QED) is 0.824. The molecule has 1 amide bonds. The number of amides is 1. The Kier molecular flexibility index (Phi) is 6.52. The smallest absolute Gasteiger partial charge is 0.243 e. The van der Waals surface area contributed by atoms with Crippen LogP contribution in [0.25, 0.3) is 0 Å². The topological polar surface area (TPSA) is 79.0 Å². The van der Waals surface area contributed by atoms with Crippen LogP contribution < -0.4 is 5.32 Å². The van der Waals surface area contributed by atoms with Gasteiger partial charge in [0, 0.05) is 30.9 Å². The molecule has 7 nitrogen and oxygen atoms in total. The monoisotopic (exact) mass is 395 g/mol. The van der Waals surface area contributed by atoms with Crippen molar-refractivity contribution in [3.8, 4) is 0 Å². The molecule has 0 unspecified atom stereocenters. The van der Waals surface area contributed by atoms with Crippen molar-refractivity contribution in [1.82, 2.24) is 9.21 Å². The molecule has 8 heteroatoms. The summed E-state index contributed by atoms with van der Waals surface area (Å²) in [4.78, 5) is 14.5. The number of nitrogens with zero attached hydrogens (tertiary/aromatic N) is 2. The molecule has 2 heterocycles. The van der Waals surface area contributed by atoms with Crippen LogP contribution in [0.3, 0.4) is 0 Å². The number of nitrogens with one attached hydrogen (secondary N) is 1. The number of ether oxygens (including phenoxy) is 1. The lowest BCUT2D eigenvalue weighted by Gasteiger charge is -2.37. The van der Waals surface area contributed by atoms with Gasteiger partial charge >= 0.3 is 0 Å². The molecular weight excluding hydrogens is 366 g/mol. The van der Waals surface area contributed by atoms with Crippen molar-refractivity contribution in [1.29, 1.82) is 0 Å². The van der Waals surface area contributed by atoms with E-state index in [0.717, 1.165) is 32.4 Å². The van der Waals surface area contributed by atoms with Crippen molar-refractivity contribution in [3.63, 3.8) is 0 Å². The van der Waals surface area contributed by atoms with Gasteiger partial charge in [0.15, 0.2) is 0 Å². The summed E-state index contributed by atoms with van der Waals surface area (Å²) >= 11 is 0. The van der Waals surface area contributed by atoms with Gasteiger partial charge < -0.3 is 10.1 Å². The minimum absolute atomic E-state index is 0.00616. The average Bonchev–Trinajstić information content (AvgIpc) is 2.62. The molecule has 0 aliphatic carbocycles.